The minimum atomic E-state index is -0.146. The molecule has 1 aromatic heterocycles. The first-order chi connectivity index (χ1) is 7.99. The van der Waals surface area contributed by atoms with Crippen molar-refractivity contribution in [3.8, 4) is 0 Å². The Hall–Kier alpha value is -1.76. The summed E-state index contributed by atoms with van der Waals surface area (Å²) in [6.45, 7) is 0.991. The molecule has 94 valence electrons. The predicted molar refractivity (Wildman–Crippen MR) is 67.0 cm³/mol. The molecule has 0 saturated carbocycles. The number of carbonyl (C=O) groups excluding carboxylic acids is 1. The van der Waals surface area contributed by atoms with E-state index in [0.717, 1.165) is 0 Å². The van der Waals surface area contributed by atoms with Gasteiger partial charge in [0.25, 0.3) is 0 Å². The quantitative estimate of drug-likeness (QED) is 0.536. The molecular formula is C9H15ClN6O. The van der Waals surface area contributed by atoms with Gasteiger partial charge in [0.2, 0.25) is 5.95 Å². The van der Waals surface area contributed by atoms with Crippen molar-refractivity contribution in [1.29, 1.82) is 0 Å². The number of anilines is 2. The van der Waals surface area contributed by atoms with E-state index in [9.17, 15) is 4.79 Å². The first-order valence-corrected chi connectivity index (χ1v) is 5.36. The number of nitrogens with zero attached hydrogens (tertiary/aromatic N) is 3. The number of aromatic nitrogens is 2. The maximum absolute atomic E-state index is 11.2. The van der Waals surface area contributed by atoms with Crippen LogP contribution in [0.3, 0.4) is 0 Å². The zero-order valence-corrected chi connectivity index (χ0v) is 10.5. The third kappa shape index (κ3) is 4.73. The van der Waals surface area contributed by atoms with E-state index in [1.165, 1.54) is 4.90 Å². The molecule has 1 rings (SSSR count). The molecule has 17 heavy (non-hydrogen) atoms. The van der Waals surface area contributed by atoms with Gasteiger partial charge in [0.1, 0.15) is 11.0 Å². The van der Waals surface area contributed by atoms with Crippen LogP contribution in [0.2, 0.25) is 5.15 Å². The number of nitrogens with two attached hydrogens (primary N) is 1. The molecule has 0 spiro atoms. The van der Waals surface area contributed by atoms with Gasteiger partial charge in [-0.2, -0.15) is 4.98 Å². The van der Waals surface area contributed by atoms with Crippen molar-refractivity contribution in [2.75, 3.05) is 38.2 Å². The third-order valence-corrected chi connectivity index (χ3v) is 2.02. The van der Waals surface area contributed by atoms with Crippen molar-refractivity contribution in [2.45, 2.75) is 0 Å². The summed E-state index contributed by atoms with van der Waals surface area (Å²) in [6, 6.07) is 1.41. The SMILES string of the molecule is CN(C)C(=O)NCCNc1cc(Cl)nc(N)n1. The molecule has 0 aliphatic heterocycles. The van der Waals surface area contributed by atoms with Gasteiger partial charge in [-0.25, -0.2) is 9.78 Å². The number of hydrogen-bond donors (Lipinski definition) is 3. The monoisotopic (exact) mass is 258 g/mol. The van der Waals surface area contributed by atoms with Crippen LogP contribution in [0.5, 0.6) is 0 Å². The van der Waals surface area contributed by atoms with Gasteiger partial charge in [-0.3, -0.25) is 0 Å². The summed E-state index contributed by atoms with van der Waals surface area (Å²) in [5.41, 5.74) is 5.43. The zero-order chi connectivity index (χ0) is 12.8. The highest BCUT2D eigenvalue weighted by Crippen LogP contribution is 2.11. The number of halogens is 1. The van der Waals surface area contributed by atoms with Crippen LogP contribution in [-0.2, 0) is 0 Å². The number of hydrogen-bond acceptors (Lipinski definition) is 5. The van der Waals surface area contributed by atoms with Gasteiger partial charge in [-0.15, -0.1) is 0 Å². The Morgan fingerprint density at radius 2 is 2.18 bits per heavy atom. The molecule has 0 saturated heterocycles. The molecule has 4 N–H and O–H groups in total. The van der Waals surface area contributed by atoms with E-state index < -0.39 is 0 Å². The molecule has 0 aliphatic rings. The average Bonchev–Trinajstić information content (AvgIpc) is 2.22. The van der Waals surface area contributed by atoms with Gasteiger partial charge >= 0.3 is 6.03 Å². The lowest BCUT2D eigenvalue weighted by molar-refractivity contribution is 0.218. The first-order valence-electron chi connectivity index (χ1n) is 4.98. The van der Waals surface area contributed by atoms with Crippen molar-refractivity contribution >= 4 is 29.4 Å². The summed E-state index contributed by atoms with van der Waals surface area (Å²) < 4.78 is 0. The first kappa shape index (κ1) is 13.3. The van der Waals surface area contributed by atoms with E-state index in [2.05, 4.69) is 20.6 Å². The summed E-state index contributed by atoms with van der Waals surface area (Å²) >= 11 is 5.71. The molecule has 0 radical (unpaired) electrons. The van der Waals surface area contributed by atoms with Crippen molar-refractivity contribution < 1.29 is 4.79 Å². The Morgan fingerprint density at radius 3 is 2.76 bits per heavy atom. The van der Waals surface area contributed by atoms with Crippen LogP contribution in [0.15, 0.2) is 6.07 Å². The summed E-state index contributed by atoms with van der Waals surface area (Å²) in [5, 5.41) is 5.95. The second-order valence-corrected chi connectivity index (χ2v) is 3.87. The van der Waals surface area contributed by atoms with Crippen LogP contribution in [0.4, 0.5) is 16.6 Å². The highest BCUT2D eigenvalue weighted by Gasteiger charge is 2.02. The van der Waals surface area contributed by atoms with Crippen LogP contribution in [-0.4, -0.2) is 48.1 Å². The second-order valence-electron chi connectivity index (χ2n) is 3.49. The number of urea groups is 1. The van der Waals surface area contributed by atoms with Crippen LogP contribution in [0.25, 0.3) is 0 Å². The number of nitrogens with one attached hydrogen (secondary N) is 2. The number of rotatable bonds is 4. The Morgan fingerprint density at radius 1 is 1.47 bits per heavy atom. The average molecular weight is 259 g/mol. The van der Waals surface area contributed by atoms with Crippen LogP contribution in [0, 0.1) is 0 Å². The maximum Gasteiger partial charge on any atom is 0.316 e. The maximum atomic E-state index is 11.2. The van der Waals surface area contributed by atoms with E-state index in [0.29, 0.717) is 18.9 Å². The molecule has 8 heteroatoms. The van der Waals surface area contributed by atoms with E-state index in [1.54, 1.807) is 20.2 Å². The van der Waals surface area contributed by atoms with Crippen molar-refractivity contribution in [2.24, 2.45) is 0 Å². The fourth-order valence-electron chi connectivity index (χ4n) is 1.04. The van der Waals surface area contributed by atoms with Gasteiger partial charge in [0.15, 0.2) is 0 Å². The Balaban J connectivity index is 2.33. The Bertz CT molecular complexity index is 377. The lowest BCUT2D eigenvalue weighted by Crippen LogP contribution is -2.37. The second kappa shape index (κ2) is 6.09. The van der Waals surface area contributed by atoms with E-state index in [-0.39, 0.29) is 17.1 Å². The van der Waals surface area contributed by atoms with Gasteiger partial charge in [-0.05, 0) is 0 Å². The standard InChI is InChI=1S/C9H15ClN6O/c1-16(2)9(17)13-4-3-12-7-5-6(10)14-8(11)15-7/h5H,3-4H2,1-2H3,(H,13,17)(H3,11,12,14,15). The van der Waals surface area contributed by atoms with Crippen molar-refractivity contribution in [3.05, 3.63) is 11.2 Å². The molecule has 2 amide bonds. The largest absolute Gasteiger partial charge is 0.368 e. The minimum Gasteiger partial charge on any atom is -0.368 e. The number of amides is 2. The molecular weight excluding hydrogens is 244 g/mol. The highest BCUT2D eigenvalue weighted by atomic mass is 35.5. The molecule has 7 nitrogen and oxygen atoms in total. The lowest BCUT2D eigenvalue weighted by atomic mass is 10.5. The summed E-state index contributed by atoms with van der Waals surface area (Å²) in [5.74, 6) is 0.638. The molecule has 0 unspecified atom stereocenters. The summed E-state index contributed by atoms with van der Waals surface area (Å²) in [6.07, 6.45) is 0. The van der Waals surface area contributed by atoms with E-state index >= 15 is 0 Å². The van der Waals surface area contributed by atoms with Crippen LogP contribution >= 0.6 is 11.6 Å². The Kier molecular flexibility index (Phi) is 4.77. The van der Waals surface area contributed by atoms with Crippen molar-refractivity contribution in [1.82, 2.24) is 20.2 Å². The van der Waals surface area contributed by atoms with Gasteiger partial charge in [-0.1, -0.05) is 11.6 Å². The fraction of sp³-hybridized carbons (Fsp3) is 0.444. The zero-order valence-electron chi connectivity index (χ0n) is 9.70. The fourth-order valence-corrected chi connectivity index (χ4v) is 1.23. The van der Waals surface area contributed by atoms with E-state index in [4.69, 9.17) is 17.3 Å². The van der Waals surface area contributed by atoms with Crippen LogP contribution < -0.4 is 16.4 Å². The molecule has 0 fully saturated rings. The summed E-state index contributed by atoms with van der Waals surface area (Å²) in [4.78, 5) is 20.3. The molecule has 0 atom stereocenters. The highest BCUT2D eigenvalue weighted by molar-refractivity contribution is 6.29. The Labute approximate surface area is 104 Å². The van der Waals surface area contributed by atoms with E-state index in [1.807, 2.05) is 0 Å². The topological polar surface area (TPSA) is 96.2 Å². The van der Waals surface area contributed by atoms with Crippen molar-refractivity contribution in [3.63, 3.8) is 0 Å². The van der Waals surface area contributed by atoms with Gasteiger partial charge < -0.3 is 21.3 Å². The number of carbonyl (C=O) groups is 1. The summed E-state index contributed by atoms with van der Waals surface area (Å²) in [7, 11) is 3.35. The van der Waals surface area contributed by atoms with Gasteiger partial charge in [0, 0.05) is 33.3 Å². The molecule has 1 aromatic rings. The lowest BCUT2D eigenvalue weighted by Gasteiger charge is -2.12. The molecule has 0 aromatic carbocycles. The predicted octanol–water partition coefficient (Wildman–Crippen LogP) is 0.395. The minimum absolute atomic E-state index is 0.109. The van der Waals surface area contributed by atoms with Gasteiger partial charge in [0.05, 0.1) is 0 Å². The number of nitrogen functional groups attached to an aromatic ring is 1. The normalized spacial score (nSPS) is 9.82. The molecule has 1 heterocycles. The van der Waals surface area contributed by atoms with Crippen LogP contribution in [0.1, 0.15) is 0 Å². The third-order valence-electron chi connectivity index (χ3n) is 1.83. The smallest absolute Gasteiger partial charge is 0.316 e. The molecule has 0 bridgehead atoms. The molecule has 0 aliphatic carbocycles.